The van der Waals surface area contributed by atoms with Crippen molar-refractivity contribution in [2.24, 2.45) is 0 Å². The van der Waals surface area contributed by atoms with Crippen LogP contribution < -0.4 is 10.6 Å². The van der Waals surface area contributed by atoms with Gasteiger partial charge in [-0.15, -0.1) is 0 Å². The number of fused-ring (bicyclic) bond motifs is 1. The number of benzene rings is 3. The molecule has 1 aliphatic rings. The molecule has 1 aliphatic heterocycles. The zero-order chi connectivity index (χ0) is 29.9. The second-order valence-corrected chi connectivity index (χ2v) is 11.1. The molecule has 1 aromatic heterocycles. The summed E-state index contributed by atoms with van der Waals surface area (Å²) in [4.78, 5) is 23.4. The maximum absolute atomic E-state index is 12.5. The Labute approximate surface area is 236 Å². The predicted molar refractivity (Wildman–Crippen MR) is 153 cm³/mol. The largest absolute Gasteiger partial charge is 0.505 e. The van der Waals surface area contributed by atoms with Crippen LogP contribution in [-0.4, -0.2) is 47.0 Å². The lowest BCUT2D eigenvalue weighted by Gasteiger charge is -2.28. The van der Waals surface area contributed by atoms with Gasteiger partial charge in [0.25, 0.3) is 15.9 Å². The highest BCUT2D eigenvalue weighted by atomic mass is 32.2. The standard InChI is InChI=1S/C15H15NO2.C14H13N3O5S/c1-10-6-5-9-13(11(10)2)16-14-8-4-3-7-12(14)15(17)18;1-8-7-11(16-22-8)15-14(19)12-13(18)9-5-3-4-6-10(9)23(20,21)17(12)2/h3-9,16H,1-2H3,(H,17,18);3-7,18H,1-2H3,(H,15,16,19). The number of aliphatic hydroxyl groups is 1. The van der Waals surface area contributed by atoms with Crippen LogP contribution in [0.25, 0.3) is 5.76 Å². The molecule has 2 heterocycles. The van der Waals surface area contributed by atoms with Crippen molar-refractivity contribution in [3.63, 3.8) is 0 Å². The molecular weight excluding hydrogens is 548 g/mol. The number of rotatable bonds is 5. The zero-order valence-electron chi connectivity index (χ0n) is 22.7. The summed E-state index contributed by atoms with van der Waals surface area (Å²) < 4.78 is 30.5. The number of anilines is 3. The third-order valence-electron chi connectivity index (χ3n) is 6.44. The van der Waals surface area contributed by atoms with E-state index in [0.717, 1.165) is 15.6 Å². The number of aromatic carboxylic acids is 1. The minimum Gasteiger partial charge on any atom is -0.505 e. The lowest BCUT2D eigenvalue weighted by molar-refractivity contribution is -0.113. The molecule has 41 heavy (non-hydrogen) atoms. The van der Waals surface area contributed by atoms with Crippen LogP contribution >= 0.6 is 0 Å². The van der Waals surface area contributed by atoms with Gasteiger partial charge in [0.1, 0.15) is 5.76 Å². The number of para-hydroxylation sites is 1. The molecule has 5 rings (SSSR count). The quantitative estimate of drug-likeness (QED) is 0.249. The fourth-order valence-corrected chi connectivity index (χ4v) is 5.49. The van der Waals surface area contributed by atoms with E-state index in [4.69, 9.17) is 9.63 Å². The van der Waals surface area contributed by atoms with Crippen molar-refractivity contribution >= 4 is 44.9 Å². The highest BCUT2D eigenvalue weighted by molar-refractivity contribution is 7.89. The Morgan fingerprint density at radius 2 is 1.59 bits per heavy atom. The summed E-state index contributed by atoms with van der Waals surface area (Å²) in [5.74, 6) is -1.55. The Kier molecular flexibility index (Phi) is 8.15. The molecule has 4 N–H and O–H groups in total. The normalized spacial score (nSPS) is 13.5. The Morgan fingerprint density at radius 3 is 2.27 bits per heavy atom. The number of carboxylic acid groups (broad SMARTS) is 1. The van der Waals surface area contributed by atoms with Crippen LogP contribution in [-0.2, 0) is 14.8 Å². The Balaban J connectivity index is 0.000000195. The molecule has 0 bridgehead atoms. The average Bonchev–Trinajstić information content (AvgIpc) is 3.35. The molecule has 0 atom stereocenters. The van der Waals surface area contributed by atoms with Crippen molar-refractivity contribution in [1.82, 2.24) is 9.46 Å². The average molecular weight is 577 g/mol. The van der Waals surface area contributed by atoms with Crippen LogP contribution in [0.15, 0.2) is 87.9 Å². The number of carbonyl (C=O) groups is 2. The molecular formula is C29H28N4O7S. The number of nitrogens with zero attached hydrogens (tertiary/aromatic N) is 2. The number of carbonyl (C=O) groups excluding carboxylic acids is 1. The first-order chi connectivity index (χ1) is 19.4. The number of hydrogen-bond donors (Lipinski definition) is 4. The van der Waals surface area contributed by atoms with E-state index in [9.17, 15) is 23.1 Å². The maximum atomic E-state index is 12.5. The molecule has 12 heteroatoms. The number of carboxylic acids is 1. The van der Waals surface area contributed by atoms with Crippen molar-refractivity contribution < 1.29 is 32.7 Å². The second-order valence-electron chi connectivity index (χ2n) is 9.17. The number of hydrogen-bond acceptors (Lipinski definition) is 8. The lowest BCUT2D eigenvalue weighted by Crippen LogP contribution is -2.37. The van der Waals surface area contributed by atoms with Gasteiger partial charge in [-0.3, -0.25) is 9.10 Å². The first kappa shape index (κ1) is 28.9. The van der Waals surface area contributed by atoms with Crippen molar-refractivity contribution in [3.05, 3.63) is 107 Å². The van der Waals surface area contributed by atoms with Crippen LogP contribution in [0.4, 0.5) is 17.2 Å². The Bertz CT molecular complexity index is 1780. The number of aryl methyl sites for hydroxylation is 2. The van der Waals surface area contributed by atoms with Gasteiger partial charge in [-0.05, 0) is 62.2 Å². The van der Waals surface area contributed by atoms with E-state index in [2.05, 4.69) is 15.8 Å². The summed E-state index contributed by atoms with van der Waals surface area (Å²) in [5.41, 5.74) is 3.81. The second kappa shape index (κ2) is 11.6. The van der Waals surface area contributed by atoms with E-state index < -0.39 is 27.7 Å². The first-order valence-electron chi connectivity index (χ1n) is 12.3. The summed E-state index contributed by atoms with van der Waals surface area (Å²) in [5, 5.41) is 28.7. The molecule has 0 aliphatic carbocycles. The minimum absolute atomic E-state index is 0.0613. The number of amides is 1. The SMILES string of the molecule is Cc1cc(NC(=O)C2=C(O)c3ccccc3S(=O)(=O)N2C)no1.Cc1cccc(Nc2ccccc2C(=O)O)c1C. The van der Waals surface area contributed by atoms with Crippen molar-refractivity contribution in [2.75, 3.05) is 17.7 Å². The fourth-order valence-electron chi connectivity index (χ4n) is 4.09. The van der Waals surface area contributed by atoms with E-state index in [-0.39, 0.29) is 27.5 Å². The first-order valence-corrected chi connectivity index (χ1v) is 13.8. The van der Waals surface area contributed by atoms with Crippen LogP contribution in [0.2, 0.25) is 0 Å². The van der Waals surface area contributed by atoms with Gasteiger partial charge in [-0.1, -0.05) is 41.6 Å². The van der Waals surface area contributed by atoms with E-state index in [1.807, 2.05) is 38.1 Å². The van der Waals surface area contributed by atoms with E-state index in [0.29, 0.717) is 11.4 Å². The smallest absolute Gasteiger partial charge is 0.337 e. The predicted octanol–water partition coefficient (Wildman–Crippen LogP) is 5.23. The number of likely N-dealkylation sites (N-methyl/N-ethyl adjacent to an activating group) is 1. The molecule has 0 radical (unpaired) electrons. The van der Waals surface area contributed by atoms with Crippen LogP contribution in [0.3, 0.4) is 0 Å². The van der Waals surface area contributed by atoms with Crippen LogP contribution in [0.5, 0.6) is 0 Å². The Hall–Kier alpha value is -5.10. The summed E-state index contributed by atoms with van der Waals surface area (Å²) >= 11 is 0. The van der Waals surface area contributed by atoms with E-state index >= 15 is 0 Å². The topological polar surface area (TPSA) is 162 Å². The van der Waals surface area contributed by atoms with Gasteiger partial charge < -0.3 is 25.4 Å². The molecule has 0 saturated carbocycles. The van der Waals surface area contributed by atoms with Gasteiger partial charge in [0.05, 0.1) is 16.1 Å². The molecule has 0 saturated heterocycles. The highest BCUT2D eigenvalue weighted by Crippen LogP contribution is 2.34. The third-order valence-corrected chi connectivity index (χ3v) is 8.25. The summed E-state index contributed by atoms with van der Waals surface area (Å²) in [6.45, 7) is 5.69. The van der Waals surface area contributed by atoms with Gasteiger partial charge in [0.15, 0.2) is 17.3 Å². The fraction of sp³-hybridized carbons (Fsp3) is 0.138. The molecule has 0 unspecified atom stereocenters. The minimum atomic E-state index is -3.92. The summed E-state index contributed by atoms with van der Waals surface area (Å²) in [6, 6.07) is 20.2. The molecule has 11 nitrogen and oxygen atoms in total. The van der Waals surface area contributed by atoms with E-state index in [1.165, 1.54) is 30.8 Å². The van der Waals surface area contributed by atoms with Crippen molar-refractivity contribution in [2.45, 2.75) is 25.7 Å². The highest BCUT2D eigenvalue weighted by Gasteiger charge is 2.37. The van der Waals surface area contributed by atoms with Gasteiger partial charge in [0.2, 0.25) is 0 Å². The van der Waals surface area contributed by atoms with Crippen molar-refractivity contribution in [1.29, 1.82) is 0 Å². The molecule has 0 fully saturated rings. The van der Waals surface area contributed by atoms with Crippen LogP contribution in [0, 0.1) is 20.8 Å². The summed E-state index contributed by atoms with van der Waals surface area (Å²) in [6.07, 6.45) is 0. The number of sulfonamides is 1. The van der Waals surface area contributed by atoms with Gasteiger partial charge in [-0.2, -0.15) is 0 Å². The Morgan fingerprint density at radius 1 is 0.927 bits per heavy atom. The molecule has 1 amide bonds. The number of aromatic nitrogens is 1. The summed E-state index contributed by atoms with van der Waals surface area (Å²) in [7, 11) is -2.73. The zero-order valence-corrected chi connectivity index (χ0v) is 23.5. The number of nitrogens with one attached hydrogen (secondary N) is 2. The monoisotopic (exact) mass is 576 g/mol. The van der Waals surface area contributed by atoms with Gasteiger partial charge >= 0.3 is 5.97 Å². The maximum Gasteiger partial charge on any atom is 0.337 e. The molecule has 212 valence electrons. The van der Waals surface area contributed by atoms with E-state index in [1.54, 1.807) is 37.3 Å². The molecule has 0 spiro atoms. The molecule has 3 aromatic carbocycles. The van der Waals surface area contributed by atoms with Gasteiger partial charge in [0, 0.05) is 24.4 Å². The van der Waals surface area contributed by atoms with Crippen LogP contribution in [0.1, 0.15) is 32.8 Å². The third kappa shape index (κ3) is 5.92. The van der Waals surface area contributed by atoms with Crippen molar-refractivity contribution in [3.8, 4) is 0 Å². The lowest BCUT2D eigenvalue weighted by atomic mass is 10.1. The van der Waals surface area contributed by atoms with Gasteiger partial charge in [-0.25, -0.2) is 13.2 Å². The molecule has 4 aromatic rings. The number of aliphatic hydroxyl groups excluding tert-OH is 1.